The van der Waals surface area contributed by atoms with Crippen molar-refractivity contribution < 1.29 is 14.6 Å². The minimum Gasteiger partial charge on any atom is -0.481 e. The fourth-order valence-corrected chi connectivity index (χ4v) is 2.58. The van der Waals surface area contributed by atoms with E-state index < -0.39 is 5.97 Å². The second kappa shape index (κ2) is 7.24. The van der Waals surface area contributed by atoms with E-state index in [2.05, 4.69) is 10.3 Å². The molecule has 0 unspecified atom stereocenters. The highest BCUT2D eigenvalue weighted by atomic mass is 16.5. The summed E-state index contributed by atoms with van der Waals surface area (Å²) in [4.78, 5) is 15.3. The van der Waals surface area contributed by atoms with E-state index >= 15 is 0 Å². The number of nitrogens with one attached hydrogen (secondary N) is 1. The number of aliphatic carboxylic acids is 1. The van der Waals surface area contributed by atoms with Gasteiger partial charge in [-0.1, -0.05) is 6.07 Å². The Morgan fingerprint density at radius 2 is 2.15 bits per heavy atom. The second-order valence-corrected chi connectivity index (χ2v) is 5.17. The average Bonchev–Trinajstić information content (AvgIpc) is 2.46. The molecule has 5 heteroatoms. The van der Waals surface area contributed by atoms with Crippen molar-refractivity contribution in [2.45, 2.75) is 45.2 Å². The number of rotatable bonds is 6. The third-order valence-electron chi connectivity index (χ3n) is 3.72. The Labute approximate surface area is 119 Å². The third kappa shape index (κ3) is 4.20. The summed E-state index contributed by atoms with van der Waals surface area (Å²) in [6.07, 6.45) is 3.36. The fraction of sp³-hybridized carbons (Fsp3) is 0.600. The van der Waals surface area contributed by atoms with Gasteiger partial charge in [0.25, 0.3) is 0 Å². The van der Waals surface area contributed by atoms with Crippen molar-refractivity contribution in [1.82, 2.24) is 10.3 Å². The molecule has 0 saturated heterocycles. The van der Waals surface area contributed by atoms with Crippen LogP contribution in [0.5, 0.6) is 5.88 Å². The summed E-state index contributed by atoms with van der Waals surface area (Å²) < 4.78 is 5.37. The summed E-state index contributed by atoms with van der Waals surface area (Å²) in [5.74, 6) is -0.164. The minimum absolute atomic E-state index is 0.160. The zero-order valence-electron chi connectivity index (χ0n) is 11.8. The molecule has 0 bridgehead atoms. The van der Waals surface area contributed by atoms with Crippen molar-refractivity contribution >= 4 is 5.97 Å². The van der Waals surface area contributed by atoms with Crippen LogP contribution in [0.4, 0.5) is 0 Å². The van der Waals surface area contributed by atoms with Gasteiger partial charge in [0.2, 0.25) is 5.88 Å². The van der Waals surface area contributed by atoms with Gasteiger partial charge in [-0.3, -0.25) is 4.79 Å². The lowest BCUT2D eigenvalue weighted by atomic mass is 9.86. The number of hydrogen-bond acceptors (Lipinski definition) is 4. The van der Waals surface area contributed by atoms with Crippen molar-refractivity contribution in [1.29, 1.82) is 0 Å². The Hall–Kier alpha value is -1.62. The fourth-order valence-electron chi connectivity index (χ4n) is 2.58. The summed E-state index contributed by atoms with van der Waals surface area (Å²) in [6.45, 7) is 3.25. The minimum atomic E-state index is -0.658. The molecule has 1 heterocycles. The molecule has 1 aromatic heterocycles. The van der Waals surface area contributed by atoms with Gasteiger partial charge in [0.1, 0.15) is 0 Å². The largest absolute Gasteiger partial charge is 0.481 e. The summed E-state index contributed by atoms with van der Waals surface area (Å²) in [7, 11) is 0. The third-order valence-corrected chi connectivity index (χ3v) is 3.72. The highest BCUT2D eigenvalue weighted by molar-refractivity contribution is 5.70. The van der Waals surface area contributed by atoms with Crippen LogP contribution in [-0.4, -0.2) is 28.7 Å². The first-order valence-electron chi connectivity index (χ1n) is 7.24. The normalized spacial score (nSPS) is 22.4. The molecule has 1 aliphatic rings. The molecule has 2 rings (SSSR count). The molecule has 5 nitrogen and oxygen atoms in total. The lowest BCUT2D eigenvalue weighted by Gasteiger charge is -2.26. The number of carbonyl (C=O) groups is 1. The number of carboxylic acid groups (broad SMARTS) is 1. The quantitative estimate of drug-likeness (QED) is 0.834. The maximum atomic E-state index is 10.9. The van der Waals surface area contributed by atoms with Crippen LogP contribution in [0.3, 0.4) is 0 Å². The molecule has 2 N–H and O–H groups in total. The van der Waals surface area contributed by atoms with Gasteiger partial charge < -0.3 is 15.2 Å². The van der Waals surface area contributed by atoms with E-state index in [0.717, 1.165) is 31.4 Å². The van der Waals surface area contributed by atoms with Crippen molar-refractivity contribution in [2.24, 2.45) is 5.92 Å². The molecule has 0 atom stereocenters. The monoisotopic (exact) mass is 278 g/mol. The van der Waals surface area contributed by atoms with Crippen molar-refractivity contribution in [3.8, 4) is 5.88 Å². The first-order valence-corrected chi connectivity index (χ1v) is 7.24. The number of hydrogen-bond donors (Lipinski definition) is 2. The molecule has 110 valence electrons. The zero-order chi connectivity index (χ0) is 14.4. The van der Waals surface area contributed by atoms with Crippen LogP contribution in [0.2, 0.25) is 0 Å². The molecule has 20 heavy (non-hydrogen) atoms. The van der Waals surface area contributed by atoms with E-state index in [1.165, 1.54) is 0 Å². The average molecular weight is 278 g/mol. The van der Waals surface area contributed by atoms with Crippen LogP contribution in [0, 0.1) is 5.92 Å². The smallest absolute Gasteiger partial charge is 0.306 e. The van der Waals surface area contributed by atoms with E-state index in [1.54, 1.807) is 0 Å². The van der Waals surface area contributed by atoms with Crippen LogP contribution in [-0.2, 0) is 11.3 Å². The van der Waals surface area contributed by atoms with Gasteiger partial charge >= 0.3 is 5.97 Å². The molecule has 1 saturated carbocycles. The molecular formula is C15H22N2O3. The predicted octanol–water partition coefficient (Wildman–Crippen LogP) is 2.21. The lowest BCUT2D eigenvalue weighted by Crippen LogP contribution is -2.34. The molecular weight excluding hydrogens is 256 g/mol. The summed E-state index contributed by atoms with van der Waals surface area (Å²) in [6, 6.07) is 6.16. The van der Waals surface area contributed by atoms with Gasteiger partial charge in [-0.2, -0.15) is 0 Å². The van der Waals surface area contributed by atoms with Crippen LogP contribution in [0.1, 0.15) is 38.3 Å². The van der Waals surface area contributed by atoms with Crippen LogP contribution >= 0.6 is 0 Å². The number of nitrogens with zero attached hydrogens (tertiary/aromatic N) is 1. The molecule has 0 aliphatic heterocycles. The number of pyridine rings is 1. The predicted molar refractivity (Wildman–Crippen MR) is 75.6 cm³/mol. The molecule has 0 amide bonds. The van der Waals surface area contributed by atoms with E-state index in [1.807, 2.05) is 25.1 Å². The SMILES string of the molecule is CCOc1cccc(CNC2CCC(C(=O)O)CC2)n1. The number of carboxylic acids is 1. The van der Waals surface area contributed by atoms with E-state index in [9.17, 15) is 4.79 Å². The summed E-state index contributed by atoms with van der Waals surface area (Å²) >= 11 is 0. The van der Waals surface area contributed by atoms with Crippen molar-refractivity contribution in [3.63, 3.8) is 0 Å². The highest BCUT2D eigenvalue weighted by Crippen LogP contribution is 2.24. The Balaban J connectivity index is 1.78. The Kier molecular flexibility index (Phi) is 5.35. The number of aromatic nitrogens is 1. The maximum Gasteiger partial charge on any atom is 0.306 e. The van der Waals surface area contributed by atoms with Gasteiger partial charge in [0, 0.05) is 18.7 Å². The van der Waals surface area contributed by atoms with E-state index in [4.69, 9.17) is 9.84 Å². The molecule has 0 aromatic carbocycles. The van der Waals surface area contributed by atoms with Crippen LogP contribution in [0.15, 0.2) is 18.2 Å². The number of ether oxygens (including phenoxy) is 1. The topological polar surface area (TPSA) is 71.5 Å². The highest BCUT2D eigenvalue weighted by Gasteiger charge is 2.25. The first-order chi connectivity index (χ1) is 9.69. The molecule has 0 radical (unpaired) electrons. The lowest BCUT2D eigenvalue weighted by molar-refractivity contribution is -0.142. The van der Waals surface area contributed by atoms with Gasteiger partial charge in [0.05, 0.1) is 18.2 Å². The summed E-state index contributed by atoms with van der Waals surface area (Å²) in [5.41, 5.74) is 0.955. The van der Waals surface area contributed by atoms with Crippen LogP contribution in [0.25, 0.3) is 0 Å². The van der Waals surface area contributed by atoms with Crippen molar-refractivity contribution in [3.05, 3.63) is 23.9 Å². The maximum absolute atomic E-state index is 10.9. The van der Waals surface area contributed by atoms with Gasteiger partial charge in [-0.05, 0) is 38.7 Å². The second-order valence-electron chi connectivity index (χ2n) is 5.17. The van der Waals surface area contributed by atoms with Gasteiger partial charge in [-0.25, -0.2) is 4.98 Å². The molecule has 1 aromatic rings. The Morgan fingerprint density at radius 3 is 2.80 bits per heavy atom. The first kappa shape index (κ1) is 14.8. The molecule has 1 fully saturated rings. The van der Waals surface area contributed by atoms with Crippen LogP contribution < -0.4 is 10.1 Å². The van der Waals surface area contributed by atoms with Gasteiger partial charge in [-0.15, -0.1) is 0 Å². The summed E-state index contributed by atoms with van der Waals surface area (Å²) in [5, 5.41) is 12.4. The van der Waals surface area contributed by atoms with Crippen molar-refractivity contribution in [2.75, 3.05) is 6.61 Å². The van der Waals surface area contributed by atoms with E-state index in [0.29, 0.717) is 25.1 Å². The Morgan fingerprint density at radius 1 is 1.40 bits per heavy atom. The Bertz CT molecular complexity index is 442. The molecule has 0 spiro atoms. The molecule has 1 aliphatic carbocycles. The van der Waals surface area contributed by atoms with E-state index in [-0.39, 0.29) is 5.92 Å². The van der Waals surface area contributed by atoms with Gasteiger partial charge in [0.15, 0.2) is 0 Å². The zero-order valence-corrected chi connectivity index (χ0v) is 11.8. The standard InChI is InChI=1S/C15H22N2O3/c1-2-20-14-5-3-4-13(17-14)10-16-12-8-6-11(7-9-12)15(18)19/h3-5,11-12,16H,2,6-10H2,1H3,(H,18,19).